The number of carbonyl (C=O) groups is 2. The molecule has 0 aromatic heterocycles. The summed E-state index contributed by atoms with van der Waals surface area (Å²) in [5.41, 5.74) is 0. The number of phosphoric acid groups is 1. The molecular weight excluding hydrogens is 786 g/mol. The van der Waals surface area contributed by atoms with E-state index in [1.54, 1.807) is 0 Å². The quantitative estimate of drug-likeness (QED) is 0.0212. The Morgan fingerprint density at radius 1 is 0.492 bits per heavy atom. The average Bonchev–Trinajstić information content (AvgIpc) is 3.21. The van der Waals surface area contributed by atoms with E-state index < -0.39 is 26.5 Å². The van der Waals surface area contributed by atoms with Crippen LogP contribution >= 0.6 is 7.82 Å². The number of rotatable bonds is 48. The van der Waals surface area contributed by atoms with E-state index in [1.165, 1.54) is 173 Å². The van der Waals surface area contributed by atoms with Gasteiger partial charge in [-0.1, -0.05) is 212 Å². The van der Waals surface area contributed by atoms with Crippen molar-refractivity contribution in [3.05, 3.63) is 12.2 Å². The molecule has 2 atom stereocenters. The first kappa shape index (κ1) is 59.8. The highest BCUT2D eigenvalue weighted by Crippen LogP contribution is 2.43. The highest BCUT2D eigenvalue weighted by Gasteiger charge is 2.27. The molecule has 0 aliphatic heterocycles. The van der Waals surface area contributed by atoms with E-state index in [2.05, 4.69) is 26.0 Å². The lowest BCUT2D eigenvalue weighted by molar-refractivity contribution is -0.870. The Kier molecular flexibility index (Phi) is 43.1. The second-order valence-corrected chi connectivity index (χ2v) is 20.4. The van der Waals surface area contributed by atoms with Crippen molar-refractivity contribution in [2.45, 2.75) is 258 Å². The van der Waals surface area contributed by atoms with Gasteiger partial charge in [0.05, 0.1) is 27.7 Å². The molecule has 0 amide bonds. The van der Waals surface area contributed by atoms with E-state index >= 15 is 0 Å². The van der Waals surface area contributed by atoms with Gasteiger partial charge < -0.3 is 18.9 Å². The van der Waals surface area contributed by atoms with Gasteiger partial charge in [0.2, 0.25) is 0 Å². The van der Waals surface area contributed by atoms with Gasteiger partial charge in [-0.2, -0.15) is 0 Å². The molecule has 0 radical (unpaired) electrons. The lowest BCUT2D eigenvalue weighted by Gasteiger charge is -2.24. The van der Waals surface area contributed by atoms with Crippen LogP contribution in [0.5, 0.6) is 0 Å². The summed E-state index contributed by atoms with van der Waals surface area (Å²) in [5, 5.41) is 0. The van der Waals surface area contributed by atoms with Crippen molar-refractivity contribution in [3.63, 3.8) is 0 Å². The van der Waals surface area contributed by atoms with Crippen LogP contribution in [0.4, 0.5) is 0 Å². The van der Waals surface area contributed by atoms with Crippen LogP contribution in [0.15, 0.2) is 12.2 Å². The van der Waals surface area contributed by atoms with E-state index in [0.29, 0.717) is 23.9 Å². The van der Waals surface area contributed by atoms with Gasteiger partial charge in [-0.25, -0.2) is 4.57 Å². The zero-order chi connectivity index (χ0) is 45.0. The number of hydrogen-bond acceptors (Lipinski definition) is 7. The Morgan fingerprint density at radius 3 is 1.23 bits per heavy atom. The van der Waals surface area contributed by atoms with Crippen molar-refractivity contribution in [2.24, 2.45) is 0 Å². The second-order valence-electron chi connectivity index (χ2n) is 18.9. The molecule has 0 aromatic rings. The summed E-state index contributed by atoms with van der Waals surface area (Å²) in [6.07, 6.45) is 48.4. The van der Waals surface area contributed by atoms with Gasteiger partial charge in [-0.15, -0.1) is 0 Å². The fourth-order valence-corrected chi connectivity index (χ4v) is 8.22. The fraction of sp³-hybridized carbons (Fsp3) is 0.922. The topological polar surface area (TPSA) is 108 Å². The first-order valence-corrected chi connectivity index (χ1v) is 27.4. The molecule has 0 aliphatic carbocycles. The molecule has 1 N–H and O–H groups in total. The lowest BCUT2D eigenvalue weighted by Crippen LogP contribution is -2.37. The lowest BCUT2D eigenvalue weighted by atomic mass is 10.0. The van der Waals surface area contributed by atoms with Crippen molar-refractivity contribution in [1.82, 2.24) is 0 Å². The number of esters is 2. The van der Waals surface area contributed by atoms with Gasteiger partial charge in [0.15, 0.2) is 6.10 Å². The maximum absolute atomic E-state index is 12.7. The zero-order valence-corrected chi connectivity index (χ0v) is 41.8. The van der Waals surface area contributed by atoms with Crippen molar-refractivity contribution < 1.29 is 42.1 Å². The maximum atomic E-state index is 12.7. The zero-order valence-electron chi connectivity index (χ0n) is 40.9. The third kappa shape index (κ3) is 48.1. The smallest absolute Gasteiger partial charge is 0.462 e. The minimum Gasteiger partial charge on any atom is -0.462 e. The number of quaternary nitrogens is 1. The van der Waals surface area contributed by atoms with Gasteiger partial charge in [-0.3, -0.25) is 18.6 Å². The molecule has 0 saturated carbocycles. The molecule has 0 heterocycles. The third-order valence-corrected chi connectivity index (χ3v) is 12.5. The molecule has 0 bridgehead atoms. The van der Waals surface area contributed by atoms with Gasteiger partial charge in [0, 0.05) is 12.8 Å². The summed E-state index contributed by atoms with van der Waals surface area (Å²) < 4.78 is 34.4. The normalized spacial score (nSPS) is 13.5. The molecule has 0 fully saturated rings. The molecule has 362 valence electrons. The van der Waals surface area contributed by atoms with Crippen molar-refractivity contribution >= 4 is 19.8 Å². The predicted molar refractivity (Wildman–Crippen MR) is 257 cm³/mol. The van der Waals surface area contributed by atoms with Crippen LogP contribution < -0.4 is 0 Å². The van der Waals surface area contributed by atoms with E-state index in [4.69, 9.17) is 18.5 Å². The SMILES string of the molecule is CCCCCCCCCC/C=C/CCCCCC(=O)O[C@H](COC(=O)CCCCCCCCCCCCCCCCCCCCCCCC)COP(=O)(O)OCC[N+](C)(C)C. The monoisotopic (exact) mass is 887 g/mol. The molecule has 0 rings (SSSR count). The number of phosphoric ester groups is 1. The van der Waals surface area contributed by atoms with Crippen LogP contribution in [0.2, 0.25) is 0 Å². The van der Waals surface area contributed by atoms with Crippen molar-refractivity contribution in [1.29, 1.82) is 0 Å². The largest absolute Gasteiger partial charge is 0.472 e. The Labute approximate surface area is 377 Å². The number of ether oxygens (including phenoxy) is 2. The Balaban J connectivity index is 4.18. The number of nitrogens with zero attached hydrogens (tertiary/aromatic N) is 1. The molecule has 61 heavy (non-hydrogen) atoms. The minimum atomic E-state index is -4.38. The molecule has 9 nitrogen and oxygen atoms in total. The van der Waals surface area contributed by atoms with E-state index in [9.17, 15) is 19.0 Å². The standard InChI is InChI=1S/C51H100NO8P/c1-6-8-10-12-14-16-18-20-22-23-24-25-26-27-28-30-31-33-35-37-39-41-43-50(53)57-47-49(48-59-61(55,56)58-46-45-52(3,4)5)60-51(54)44-42-40-38-36-34-32-29-21-19-17-15-13-11-9-7-2/h32,34,49H,6-31,33,35-48H2,1-5H3/p+1/b34-32+/t49-/m1/s1. The number of unbranched alkanes of at least 4 members (excludes halogenated alkanes) is 32. The van der Waals surface area contributed by atoms with E-state index in [0.717, 1.165) is 44.9 Å². The Bertz CT molecular complexity index is 1050. The van der Waals surface area contributed by atoms with Crippen LogP contribution in [0.1, 0.15) is 251 Å². The fourth-order valence-electron chi connectivity index (χ4n) is 7.48. The summed E-state index contributed by atoms with van der Waals surface area (Å²) in [6, 6.07) is 0. The van der Waals surface area contributed by atoms with Gasteiger partial charge >= 0.3 is 19.8 Å². The summed E-state index contributed by atoms with van der Waals surface area (Å²) in [6.45, 7) is 4.45. The van der Waals surface area contributed by atoms with Crippen molar-refractivity contribution in [3.8, 4) is 0 Å². The van der Waals surface area contributed by atoms with Crippen LogP contribution in [-0.4, -0.2) is 74.9 Å². The van der Waals surface area contributed by atoms with Crippen LogP contribution in [0.25, 0.3) is 0 Å². The number of hydrogen-bond donors (Lipinski definition) is 1. The Morgan fingerprint density at radius 2 is 0.836 bits per heavy atom. The molecule has 0 aliphatic rings. The van der Waals surface area contributed by atoms with Gasteiger partial charge in [0.25, 0.3) is 0 Å². The average molecular weight is 887 g/mol. The van der Waals surface area contributed by atoms with Gasteiger partial charge in [-0.05, 0) is 38.5 Å². The Hall–Kier alpha value is -1.25. The van der Waals surface area contributed by atoms with Crippen LogP contribution in [0, 0.1) is 0 Å². The summed E-state index contributed by atoms with van der Waals surface area (Å²) >= 11 is 0. The third-order valence-electron chi connectivity index (χ3n) is 11.5. The maximum Gasteiger partial charge on any atom is 0.472 e. The predicted octanol–water partition coefficient (Wildman–Crippen LogP) is 15.3. The van der Waals surface area contributed by atoms with Crippen molar-refractivity contribution in [2.75, 3.05) is 47.5 Å². The van der Waals surface area contributed by atoms with Crippen LogP contribution in [-0.2, 0) is 32.7 Å². The van der Waals surface area contributed by atoms with Crippen LogP contribution in [0.3, 0.4) is 0 Å². The highest BCUT2D eigenvalue weighted by atomic mass is 31.2. The number of likely N-dealkylation sites (N-methyl/N-ethyl adjacent to an activating group) is 1. The second kappa shape index (κ2) is 44.0. The summed E-state index contributed by atoms with van der Waals surface area (Å²) in [5.74, 6) is -0.802. The molecule has 0 saturated heterocycles. The number of carbonyl (C=O) groups excluding carboxylic acids is 2. The summed E-state index contributed by atoms with van der Waals surface area (Å²) in [4.78, 5) is 35.5. The first-order chi connectivity index (χ1) is 29.5. The van der Waals surface area contributed by atoms with E-state index in [1.807, 2.05) is 21.1 Å². The molecule has 0 spiro atoms. The minimum absolute atomic E-state index is 0.0324. The number of allylic oxidation sites excluding steroid dienone is 2. The molecule has 10 heteroatoms. The highest BCUT2D eigenvalue weighted by molar-refractivity contribution is 7.47. The molecular formula is C51H101NO8P+. The van der Waals surface area contributed by atoms with E-state index in [-0.39, 0.29) is 25.6 Å². The van der Waals surface area contributed by atoms with Gasteiger partial charge in [0.1, 0.15) is 19.8 Å². The first-order valence-electron chi connectivity index (χ1n) is 25.9. The molecule has 1 unspecified atom stereocenters. The summed E-state index contributed by atoms with van der Waals surface area (Å²) in [7, 11) is 1.48. The molecule has 0 aromatic carbocycles.